The molecule has 0 amide bonds. The molecule has 9 heteroatoms. The molecule has 0 spiro atoms. The van der Waals surface area contributed by atoms with Crippen LogP contribution in [-0.4, -0.2) is 50.3 Å². The second-order valence-electron chi connectivity index (χ2n) is 11.4. The topological polar surface area (TPSA) is 114 Å². The smallest absolute Gasteiger partial charge is 0.333 e. The van der Waals surface area contributed by atoms with Crippen molar-refractivity contribution in [3.63, 3.8) is 0 Å². The minimum Gasteiger partial charge on any atom is -0.462 e. The largest absolute Gasteiger partial charge is 0.462 e. The molecule has 4 rings (SSSR count). The molecular weight excluding hydrogens is 648 g/mol. The van der Waals surface area contributed by atoms with Crippen molar-refractivity contribution >= 4 is 23.9 Å². The van der Waals surface area contributed by atoms with E-state index in [2.05, 4.69) is 13.2 Å². The summed E-state index contributed by atoms with van der Waals surface area (Å²) in [5, 5.41) is 0. The van der Waals surface area contributed by atoms with Gasteiger partial charge < -0.3 is 23.7 Å². The fourth-order valence-corrected chi connectivity index (χ4v) is 4.30. The van der Waals surface area contributed by atoms with Crippen molar-refractivity contribution in [2.24, 2.45) is 0 Å². The van der Waals surface area contributed by atoms with Crippen LogP contribution in [-0.2, 0) is 33.4 Å². The van der Waals surface area contributed by atoms with E-state index < -0.39 is 11.9 Å². The van der Waals surface area contributed by atoms with Crippen molar-refractivity contribution < 1.29 is 42.9 Å². The lowest BCUT2D eigenvalue weighted by atomic mass is 10.1. The zero-order chi connectivity index (χ0) is 36.8. The summed E-state index contributed by atoms with van der Waals surface area (Å²) in [6, 6.07) is 34.7. The number of carbonyl (C=O) groups is 4. The van der Waals surface area contributed by atoms with Crippen LogP contribution < -0.4 is 9.47 Å². The van der Waals surface area contributed by atoms with Crippen molar-refractivity contribution in [2.75, 3.05) is 26.4 Å². The van der Waals surface area contributed by atoms with E-state index in [1.165, 1.54) is 0 Å². The van der Waals surface area contributed by atoms with Crippen molar-refractivity contribution in [1.29, 1.82) is 0 Å². The molecule has 0 fully saturated rings. The first kappa shape index (κ1) is 39.6. The van der Waals surface area contributed by atoms with Gasteiger partial charge in [-0.3, -0.25) is 9.59 Å². The number of esters is 4. The van der Waals surface area contributed by atoms with Gasteiger partial charge in [0.15, 0.2) is 0 Å². The van der Waals surface area contributed by atoms with Crippen molar-refractivity contribution in [3.05, 3.63) is 133 Å². The van der Waals surface area contributed by atoms with Crippen LogP contribution in [0.25, 0.3) is 22.3 Å². The number of hydrogen-bond donors (Lipinski definition) is 0. The van der Waals surface area contributed by atoms with Gasteiger partial charge >= 0.3 is 23.9 Å². The lowest BCUT2D eigenvalue weighted by Crippen LogP contribution is -2.12. The molecule has 0 saturated carbocycles. The second-order valence-corrected chi connectivity index (χ2v) is 11.4. The third-order valence-electron chi connectivity index (χ3n) is 6.97. The van der Waals surface area contributed by atoms with Crippen molar-refractivity contribution in [2.45, 2.75) is 39.5 Å². The molecule has 266 valence electrons. The Morgan fingerprint density at radius 3 is 1.25 bits per heavy atom. The maximum absolute atomic E-state index is 11.9. The molecule has 0 radical (unpaired) electrons. The van der Waals surface area contributed by atoms with E-state index in [0.717, 1.165) is 22.3 Å². The number of hydrogen-bond acceptors (Lipinski definition) is 9. The lowest BCUT2D eigenvalue weighted by molar-refractivity contribution is -0.141. The minimum atomic E-state index is -0.445. The zero-order valence-corrected chi connectivity index (χ0v) is 29.1. The highest BCUT2D eigenvalue weighted by Crippen LogP contribution is 2.23. The summed E-state index contributed by atoms with van der Waals surface area (Å²) in [6.07, 6.45) is 1.39. The standard InChI is InChI=1S/C22H24O5.C20H20O4/c1-17(2)22(24)26-16-15-25-14-6-9-21(23)27-20-12-10-19(11-13-20)18-7-4-3-5-8-18;1-15(2)20(22)23-14-6-9-19(21)24-18-12-10-17(11-13-18)16-7-4-3-5-8-16/h3-5,7-8,10-13H,1,6,9,14-16H2,2H3;3-5,7-8,10-13H,1,6,9,14H2,2H3. The highest BCUT2D eigenvalue weighted by Gasteiger charge is 2.09. The summed E-state index contributed by atoms with van der Waals surface area (Å²) in [6.45, 7) is 11.2. The highest BCUT2D eigenvalue weighted by molar-refractivity contribution is 5.87. The summed E-state index contributed by atoms with van der Waals surface area (Å²) in [5.41, 5.74) is 5.04. The fraction of sp³-hybridized carbons (Fsp3) is 0.238. The van der Waals surface area contributed by atoms with E-state index in [1.807, 2.05) is 84.9 Å². The van der Waals surface area contributed by atoms with Crippen LogP contribution in [0.15, 0.2) is 133 Å². The van der Waals surface area contributed by atoms with E-state index in [1.54, 1.807) is 38.1 Å². The Morgan fingerprint density at radius 2 is 0.843 bits per heavy atom. The Bertz CT molecular complexity index is 1710. The molecule has 0 N–H and O–H groups in total. The molecule has 51 heavy (non-hydrogen) atoms. The van der Waals surface area contributed by atoms with Gasteiger partial charge in [-0.15, -0.1) is 0 Å². The molecule has 0 aliphatic rings. The number of rotatable bonds is 17. The van der Waals surface area contributed by atoms with Crippen LogP contribution in [0.1, 0.15) is 39.5 Å². The van der Waals surface area contributed by atoms with Crippen LogP contribution in [0.4, 0.5) is 0 Å². The van der Waals surface area contributed by atoms with Crippen LogP contribution in [0.3, 0.4) is 0 Å². The number of carbonyl (C=O) groups excluding carboxylic acids is 4. The predicted molar refractivity (Wildman–Crippen MR) is 196 cm³/mol. The Kier molecular flexibility index (Phi) is 17.1. The third kappa shape index (κ3) is 15.5. The van der Waals surface area contributed by atoms with Crippen molar-refractivity contribution in [1.82, 2.24) is 0 Å². The maximum atomic E-state index is 11.9. The van der Waals surface area contributed by atoms with Gasteiger partial charge in [0.25, 0.3) is 0 Å². The molecule has 0 aliphatic heterocycles. The first-order chi connectivity index (χ1) is 24.6. The first-order valence-electron chi connectivity index (χ1n) is 16.6. The van der Waals surface area contributed by atoms with Crippen LogP contribution in [0, 0.1) is 0 Å². The molecule has 0 heterocycles. The van der Waals surface area contributed by atoms with Crippen LogP contribution in [0.2, 0.25) is 0 Å². The van der Waals surface area contributed by atoms with Gasteiger partial charge in [0.05, 0.1) is 13.2 Å². The molecule has 0 aromatic heterocycles. The van der Waals surface area contributed by atoms with E-state index in [9.17, 15) is 19.2 Å². The average Bonchev–Trinajstić information content (AvgIpc) is 3.14. The van der Waals surface area contributed by atoms with E-state index in [-0.39, 0.29) is 44.6 Å². The summed E-state index contributed by atoms with van der Waals surface area (Å²) >= 11 is 0. The molecule has 0 bridgehead atoms. The molecule has 0 saturated heterocycles. The first-order valence-corrected chi connectivity index (χ1v) is 16.6. The molecule has 0 unspecified atom stereocenters. The number of benzene rings is 4. The monoisotopic (exact) mass is 692 g/mol. The zero-order valence-electron chi connectivity index (χ0n) is 29.1. The molecule has 0 atom stereocenters. The SMILES string of the molecule is C=C(C)C(=O)OCCCC(=O)Oc1ccc(-c2ccccc2)cc1.C=C(C)C(=O)OCCOCCCC(=O)Oc1ccc(-c2ccccc2)cc1. The lowest BCUT2D eigenvalue weighted by Gasteiger charge is -2.07. The Hall–Kier alpha value is -5.80. The quantitative estimate of drug-likeness (QED) is 0.0466. The average molecular weight is 693 g/mol. The van der Waals surface area contributed by atoms with Crippen molar-refractivity contribution in [3.8, 4) is 33.8 Å². The maximum Gasteiger partial charge on any atom is 0.333 e. The highest BCUT2D eigenvalue weighted by atomic mass is 16.6. The van der Waals surface area contributed by atoms with Gasteiger partial charge in [-0.1, -0.05) is 98.1 Å². The molecular formula is C42H44O9. The summed E-state index contributed by atoms with van der Waals surface area (Å²) < 4.78 is 25.7. The normalized spacial score (nSPS) is 10.2. The second kappa shape index (κ2) is 22.0. The molecule has 4 aromatic carbocycles. The minimum absolute atomic E-state index is 0.171. The molecule has 9 nitrogen and oxygen atoms in total. The third-order valence-corrected chi connectivity index (χ3v) is 6.97. The Morgan fingerprint density at radius 1 is 0.471 bits per heavy atom. The Balaban J connectivity index is 0.000000277. The summed E-state index contributed by atoms with van der Waals surface area (Å²) in [5.74, 6) is -0.514. The van der Waals surface area contributed by atoms with Gasteiger partial charge in [-0.25, -0.2) is 9.59 Å². The fourth-order valence-electron chi connectivity index (χ4n) is 4.30. The summed E-state index contributed by atoms with van der Waals surface area (Å²) in [7, 11) is 0. The van der Waals surface area contributed by atoms with Gasteiger partial charge in [0, 0.05) is 30.6 Å². The summed E-state index contributed by atoms with van der Waals surface area (Å²) in [4.78, 5) is 46.0. The predicted octanol–water partition coefficient (Wildman–Crippen LogP) is 8.33. The Labute approximate surface area is 299 Å². The number of ether oxygens (including phenoxy) is 5. The van der Waals surface area contributed by atoms with E-state index >= 15 is 0 Å². The van der Waals surface area contributed by atoms with Gasteiger partial charge in [-0.2, -0.15) is 0 Å². The van der Waals surface area contributed by atoms with Crippen LogP contribution in [0.5, 0.6) is 11.5 Å². The van der Waals surface area contributed by atoms with E-state index in [4.69, 9.17) is 23.7 Å². The molecule has 0 aliphatic carbocycles. The van der Waals surface area contributed by atoms with E-state index in [0.29, 0.717) is 42.1 Å². The van der Waals surface area contributed by atoms with Gasteiger partial charge in [-0.05, 0) is 73.2 Å². The van der Waals surface area contributed by atoms with Gasteiger partial charge in [0.2, 0.25) is 0 Å². The van der Waals surface area contributed by atoms with Gasteiger partial charge in [0.1, 0.15) is 18.1 Å². The molecule has 4 aromatic rings. The van der Waals surface area contributed by atoms with Crippen LogP contribution >= 0.6 is 0 Å².